The number of carbonyl (C=O) groups is 2. The zero-order chi connectivity index (χ0) is 24.8. The van der Waals surface area contributed by atoms with Gasteiger partial charge in [0, 0.05) is 47.1 Å². The van der Waals surface area contributed by atoms with Gasteiger partial charge in [-0.15, -0.1) is 0 Å². The van der Waals surface area contributed by atoms with Crippen LogP contribution < -0.4 is 10.6 Å². The maximum absolute atomic E-state index is 13.5. The van der Waals surface area contributed by atoms with Crippen LogP contribution in [0.2, 0.25) is 5.02 Å². The summed E-state index contributed by atoms with van der Waals surface area (Å²) in [5.74, 6) is -0.936. The molecule has 1 aliphatic heterocycles. The molecule has 9 heteroatoms. The fourth-order valence-corrected chi connectivity index (χ4v) is 4.83. The number of hydrogen-bond donors (Lipinski definition) is 2. The van der Waals surface area contributed by atoms with Crippen LogP contribution in [0.15, 0.2) is 59.1 Å². The number of pyridine rings is 1. The highest BCUT2D eigenvalue weighted by molar-refractivity contribution is 6.32. The molecule has 1 aromatic heterocycles. The predicted octanol–water partition coefficient (Wildman–Crippen LogP) is 5.19. The van der Waals surface area contributed by atoms with Gasteiger partial charge in [0.25, 0.3) is 11.6 Å². The van der Waals surface area contributed by atoms with Gasteiger partial charge in [0.05, 0.1) is 4.92 Å². The first-order valence-electron chi connectivity index (χ1n) is 10.9. The number of halogens is 1. The molecule has 8 nitrogen and oxygen atoms in total. The molecule has 176 valence electrons. The largest absolute Gasteiger partial charge is 0.362 e. The van der Waals surface area contributed by atoms with Gasteiger partial charge in [-0.1, -0.05) is 37.6 Å². The average molecular weight is 481 g/mol. The molecular formula is C25H25ClN4O4. The van der Waals surface area contributed by atoms with Crippen molar-refractivity contribution < 1.29 is 14.5 Å². The lowest BCUT2D eigenvalue weighted by molar-refractivity contribution is -0.384. The van der Waals surface area contributed by atoms with Crippen LogP contribution in [0.4, 0.5) is 11.5 Å². The number of nitrogens with zero attached hydrogens (tertiary/aromatic N) is 2. The number of benzene rings is 1. The van der Waals surface area contributed by atoms with E-state index in [2.05, 4.69) is 15.6 Å². The van der Waals surface area contributed by atoms with Crippen molar-refractivity contribution in [3.8, 4) is 0 Å². The molecule has 2 heterocycles. The highest BCUT2D eigenvalue weighted by Gasteiger charge is 2.43. The molecule has 4 rings (SSSR count). The third kappa shape index (κ3) is 4.46. The van der Waals surface area contributed by atoms with Crippen LogP contribution in [0.5, 0.6) is 0 Å². The quantitative estimate of drug-likeness (QED) is 0.459. The van der Waals surface area contributed by atoms with E-state index in [9.17, 15) is 19.7 Å². The number of Topliss-reactive ketones (excluding diaryl/α,β-unsaturated/α-hetero) is 1. The summed E-state index contributed by atoms with van der Waals surface area (Å²) in [5, 5.41) is 17.6. The maximum Gasteiger partial charge on any atom is 0.288 e. The van der Waals surface area contributed by atoms with Crippen molar-refractivity contribution >= 4 is 34.8 Å². The predicted molar refractivity (Wildman–Crippen MR) is 129 cm³/mol. The SMILES string of the molecule is CC1=C(C(=O)Nc2ccc(C)cn2)[C@@H](c2ccc(Cl)c([N+](=O)[O-])c2)C2=C(CC(C)(C)CC2=O)N1. The first kappa shape index (κ1) is 23.6. The van der Waals surface area contributed by atoms with E-state index < -0.39 is 16.7 Å². The standard InChI is InChI=1S/C25H25ClN4O4/c1-13-5-8-20(27-12-13)29-24(32)21-14(2)28-17-10-25(3,4)11-19(31)23(17)22(21)15-6-7-16(26)18(9-15)30(33)34/h5-9,12,22,28H,10-11H2,1-4H3,(H,27,29,32)/t22-/m1/s1. The highest BCUT2D eigenvalue weighted by Crippen LogP contribution is 2.47. The number of nitro benzene ring substituents is 1. The lowest BCUT2D eigenvalue weighted by atomic mass is 9.68. The second-order valence-electron chi connectivity index (χ2n) is 9.57. The average Bonchev–Trinajstić information content (AvgIpc) is 2.73. The number of rotatable bonds is 4. The van der Waals surface area contributed by atoms with Gasteiger partial charge in [-0.25, -0.2) is 4.98 Å². The molecule has 0 saturated heterocycles. The van der Waals surface area contributed by atoms with Crippen molar-refractivity contribution in [3.63, 3.8) is 0 Å². The zero-order valence-corrected chi connectivity index (χ0v) is 20.1. The van der Waals surface area contributed by atoms with E-state index in [0.29, 0.717) is 41.1 Å². The van der Waals surface area contributed by atoms with Crippen molar-refractivity contribution in [1.82, 2.24) is 10.3 Å². The number of dihydropyridines is 1. The monoisotopic (exact) mass is 480 g/mol. The minimum Gasteiger partial charge on any atom is -0.362 e. The van der Waals surface area contributed by atoms with Crippen LogP contribution in [0.25, 0.3) is 0 Å². The summed E-state index contributed by atoms with van der Waals surface area (Å²) in [4.78, 5) is 42.1. The summed E-state index contributed by atoms with van der Waals surface area (Å²) in [5.41, 5.74) is 2.98. The molecule has 2 N–H and O–H groups in total. The Morgan fingerprint density at radius 3 is 2.62 bits per heavy atom. The normalized spacial score (nSPS) is 19.4. The van der Waals surface area contributed by atoms with Crippen molar-refractivity contribution in [1.29, 1.82) is 0 Å². The number of anilines is 1. The first-order chi connectivity index (χ1) is 16.0. The molecule has 1 aromatic carbocycles. The van der Waals surface area contributed by atoms with Crippen molar-refractivity contribution in [2.45, 2.75) is 46.5 Å². The summed E-state index contributed by atoms with van der Waals surface area (Å²) in [6, 6.07) is 7.94. The molecule has 0 unspecified atom stereocenters. The summed E-state index contributed by atoms with van der Waals surface area (Å²) >= 11 is 6.05. The Hall–Kier alpha value is -3.52. The second-order valence-corrected chi connectivity index (χ2v) is 9.98. The van der Waals surface area contributed by atoms with Gasteiger partial charge in [0.2, 0.25) is 0 Å². The van der Waals surface area contributed by atoms with E-state index in [1.54, 1.807) is 25.3 Å². The van der Waals surface area contributed by atoms with E-state index in [1.807, 2.05) is 26.8 Å². The molecule has 34 heavy (non-hydrogen) atoms. The Balaban J connectivity index is 1.85. The van der Waals surface area contributed by atoms with Gasteiger partial charge in [-0.3, -0.25) is 19.7 Å². The van der Waals surface area contributed by atoms with Gasteiger partial charge in [0.15, 0.2) is 5.78 Å². The number of amides is 1. The first-order valence-corrected chi connectivity index (χ1v) is 11.3. The lowest BCUT2D eigenvalue weighted by Gasteiger charge is -2.39. The molecule has 0 saturated carbocycles. The number of aryl methyl sites for hydroxylation is 1. The molecule has 1 atom stereocenters. The van der Waals surface area contributed by atoms with Crippen molar-refractivity contribution in [3.05, 3.63) is 85.3 Å². The topological polar surface area (TPSA) is 114 Å². The Labute approximate surface area is 202 Å². The molecule has 2 aliphatic rings. The number of aromatic nitrogens is 1. The fraction of sp³-hybridized carbons (Fsp3) is 0.320. The van der Waals surface area contributed by atoms with Gasteiger partial charge in [0.1, 0.15) is 10.8 Å². The smallest absolute Gasteiger partial charge is 0.288 e. The van der Waals surface area contributed by atoms with Crippen LogP contribution in [0, 0.1) is 22.5 Å². The zero-order valence-electron chi connectivity index (χ0n) is 19.4. The van der Waals surface area contributed by atoms with E-state index >= 15 is 0 Å². The van der Waals surface area contributed by atoms with E-state index in [4.69, 9.17) is 11.6 Å². The van der Waals surface area contributed by atoms with Gasteiger partial charge in [-0.2, -0.15) is 0 Å². The molecule has 0 bridgehead atoms. The summed E-state index contributed by atoms with van der Waals surface area (Å²) in [6.45, 7) is 7.69. The number of nitrogens with one attached hydrogen (secondary N) is 2. The third-order valence-electron chi connectivity index (χ3n) is 6.14. The molecule has 1 amide bonds. The molecular weight excluding hydrogens is 456 g/mol. The Morgan fingerprint density at radius 2 is 1.97 bits per heavy atom. The van der Waals surface area contributed by atoms with Gasteiger partial charge in [-0.05, 0) is 48.9 Å². The minimum absolute atomic E-state index is 0.0106. The van der Waals surface area contributed by atoms with Crippen LogP contribution in [-0.2, 0) is 9.59 Å². The molecule has 0 fully saturated rings. The second kappa shape index (κ2) is 8.68. The maximum atomic E-state index is 13.5. The summed E-state index contributed by atoms with van der Waals surface area (Å²) in [6.07, 6.45) is 2.57. The minimum atomic E-state index is -0.777. The Kier molecular flexibility index (Phi) is 6.03. The highest BCUT2D eigenvalue weighted by atomic mass is 35.5. The number of nitro groups is 1. The van der Waals surface area contributed by atoms with Crippen molar-refractivity contribution in [2.75, 3.05) is 5.32 Å². The lowest BCUT2D eigenvalue weighted by Crippen LogP contribution is -2.39. The van der Waals surface area contributed by atoms with E-state index in [-0.39, 0.29) is 21.9 Å². The van der Waals surface area contributed by atoms with E-state index in [0.717, 1.165) is 11.3 Å². The van der Waals surface area contributed by atoms with Crippen LogP contribution >= 0.6 is 11.6 Å². The number of carbonyl (C=O) groups excluding carboxylic acids is 2. The summed E-state index contributed by atoms with van der Waals surface area (Å²) in [7, 11) is 0. The van der Waals surface area contributed by atoms with Crippen LogP contribution in [0.1, 0.15) is 50.7 Å². The van der Waals surface area contributed by atoms with E-state index in [1.165, 1.54) is 12.1 Å². The van der Waals surface area contributed by atoms with Crippen LogP contribution in [0.3, 0.4) is 0 Å². The van der Waals surface area contributed by atoms with Crippen LogP contribution in [-0.4, -0.2) is 21.6 Å². The summed E-state index contributed by atoms with van der Waals surface area (Å²) < 4.78 is 0. The Morgan fingerprint density at radius 1 is 1.24 bits per heavy atom. The van der Waals surface area contributed by atoms with Crippen molar-refractivity contribution in [2.24, 2.45) is 5.41 Å². The van der Waals surface area contributed by atoms with Gasteiger partial charge >= 0.3 is 0 Å². The Bertz CT molecular complexity index is 1280. The molecule has 0 spiro atoms. The number of ketones is 1. The molecule has 0 radical (unpaired) electrons. The molecule has 1 aliphatic carbocycles. The number of hydrogen-bond acceptors (Lipinski definition) is 6. The fourth-order valence-electron chi connectivity index (χ4n) is 4.64. The van der Waals surface area contributed by atoms with Gasteiger partial charge < -0.3 is 10.6 Å². The number of allylic oxidation sites excluding steroid dienone is 3. The third-order valence-corrected chi connectivity index (χ3v) is 6.46. The molecule has 2 aromatic rings.